The molecule has 4 nitrogen and oxygen atoms in total. The zero-order chi connectivity index (χ0) is 13.5. The van der Waals surface area contributed by atoms with Crippen LogP contribution >= 0.6 is 0 Å². The molecule has 1 unspecified atom stereocenters. The molecular formula is C14H21NO3. The second kappa shape index (κ2) is 7.01. The average Bonchev–Trinajstić information content (AvgIpc) is 2.36. The van der Waals surface area contributed by atoms with E-state index < -0.39 is 0 Å². The van der Waals surface area contributed by atoms with Crippen LogP contribution in [0.25, 0.3) is 0 Å². The monoisotopic (exact) mass is 251 g/mol. The van der Waals surface area contributed by atoms with Gasteiger partial charge in [0.15, 0.2) is 0 Å². The van der Waals surface area contributed by atoms with E-state index in [1.54, 1.807) is 18.2 Å². The largest absolute Gasteiger partial charge is 0.493 e. The molecule has 0 saturated carbocycles. The van der Waals surface area contributed by atoms with Gasteiger partial charge in [0.2, 0.25) is 0 Å². The highest BCUT2D eigenvalue weighted by Crippen LogP contribution is 2.18. The zero-order valence-electron chi connectivity index (χ0n) is 11.1. The van der Waals surface area contributed by atoms with Crippen molar-refractivity contribution in [1.29, 1.82) is 0 Å². The third-order valence-electron chi connectivity index (χ3n) is 2.75. The molecule has 0 fully saturated rings. The Hall–Kier alpha value is -1.55. The van der Waals surface area contributed by atoms with Gasteiger partial charge in [0.1, 0.15) is 5.75 Å². The van der Waals surface area contributed by atoms with Gasteiger partial charge in [-0.25, -0.2) is 0 Å². The van der Waals surface area contributed by atoms with E-state index in [9.17, 15) is 9.90 Å². The summed E-state index contributed by atoms with van der Waals surface area (Å²) in [6.45, 7) is 6.22. The number of rotatable bonds is 6. The first-order valence-corrected chi connectivity index (χ1v) is 6.23. The van der Waals surface area contributed by atoms with Crippen LogP contribution in [-0.2, 0) is 0 Å². The Morgan fingerprint density at radius 1 is 1.39 bits per heavy atom. The minimum Gasteiger partial charge on any atom is -0.493 e. The van der Waals surface area contributed by atoms with Crippen molar-refractivity contribution in [1.82, 2.24) is 5.32 Å². The van der Waals surface area contributed by atoms with Crippen LogP contribution in [0.1, 0.15) is 31.1 Å². The number of amides is 1. The van der Waals surface area contributed by atoms with Gasteiger partial charge in [-0.1, -0.05) is 26.0 Å². The van der Waals surface area contributed by atoms with Gasteiger partial charge in [-0.15, -0.1) is 0 Å². The van der Waals surface area contributed by atoms with Gasteiger partial charge in [0.05, 0.1) is 24.8 Å². The number of carbonyl (C=O) groups is 1. The van der Waals surface area contributed by atoms with Crippen molar-refractivity contribution in [2.75, 3.05) is 13.2 Å². The lowest BCUT2D eigenvalue weighted by atomic mass is 10.0. The maximum atomic E-state index is 12.1. The summed E-state index contributed by atoms with van der Waals surface area (Å²) in [6.07, 6.45) is 0. The standard InChI is InChI=1S/C14H21NO3/c1-4-18-13-8-6-5-7-11(13)14(17)15-12(9-16)10(2)3/h5-8,10,12,16H,4,9H2,1-3H3,(H,15,17). The van der Waals surface area contributed by atoms with Crippen molar-refractivity contribution in [2.24, 2.45) is 5.92 Å². The van der Waals surface area contributed by atoms with Crippen LogP contribution < -0.4 is 10.1 Å². The Labute approximate surface area is 108 Å². The Kier molecular flexibility index (Phi) is 5.65. The molecule has 18 heavy (non-hydrogen) atoms. The molecule has 0 heterocycles. The predicted octanol–water partition coefficient (Wildman–Crippen LogP) is 1.83. The highest BCUT2D eigenvalue weighted by atomic mass is 16.5. The number of aliphatic hydroxyl groups excluding tert-OH is 1. The maximum Gasteiger partial charge on any atom is 0.255 e. The molecule has 0 spiro atoms. The quantitative estimate of drug-likeness (QED) is 0.811. The molecule has 0 aliphatic heterocycles. The summed E-state index contributed by atoms with van der Waals surface area (Å²) >= 11 is 0. The summed E-state index contributed by atoms with van der Waals surface area (Å²) in [5, 5.41) is 12.0. The third-order valence-corrected chi connectivity index (χ3v) is 2.75. The number of ether oxygens (including phenoxy) is 1. The van der Waals surface area contributed by atoms with Crippen molar-refractivity contribution >= 4 is 5.91 Å². The second-order valence-corrected chi connectivity index (χ2v) is 4.44. The lowest BCUT2D eigenvalue weighted by molar-refractivity contribution is 0.0893. The first kappa shape index (κ1) is 14.5. The lowest BCUT2D eigenvalue weighted by Gasteiger charge is -2.20. The summed E-state index contributed by atoms with van der Waals surface area (Å²) in [4.78, 5) is 12.1. The van der Waals surface area contributed by atoms with Crippen LogP contribution in [0.4, 0.5) is 0 Å². The number of nitrogens with one attached hydrogen (secondary N) is 1. The maximum absolute atomic E-state index is 12.1. The van der Waals surface area contributed by atoms with Gasteiger partial charge in [0.25, 0.3) is 5.91 Å². The Balaban J connectivity index is 2.83. The van der Waals surface area contributed by atoms with E-state index in [4.69, 9.17) is 4.74 Å². The van der Waals surface area contributed by atoms with Gasteiger partial charge in [0, 0.05) is 0 Å². The predicted molar refractivity (Wildman–Crippen MR) is 70.8 cm³/mol. The highest BCUT2D eigenvalue weighted by Gasteiger charge is 2.18. The number of benzene rings is 1. The summed E-state index contributed by atoms with van der Waals surface area (Å²) < 4.78 is 5.41. The van der Waals surface area contributed by atoms with Gasteiger partial charge >= 0.3 is 0 Å². The number of carbonyl (C=O) groups excluding carboxylic acids is 1. The van der Waals surface area contributed by atoms with Crippen LogP contribution in [0.5, 0.6) is 5.75 Å². The Bertz CT molecular complexity index is 390. The van der Waals surface area contributed by atoms with E-state index in [1.165, 1.54) is 0 Å². The van der Waals surface area contributed by atoms with Crippen molar-refractivity contribution in [3.8, 4) is 5.75 Å². The molecule has 1 aromatic carbocycles. The molecule has 1 amide bonds. The summed E-state index contributed by atoms with van der Waals surface area (Å²) in [6, 6.07) is 6.86. The summed E-state index contributed by atoms with van der Waals surface area (Å²) in [7, 11) is 0. The molecule has 0 aliphatic carbocycles. The van der Waals surface area contributed by atoms with E-state index in [0.29, 0.717) is 17.9 Å². The van der Waals surface area contributed by atoms with Crippen LogP contribution in [0.3, 0.4) is 0 Å². The molecule has 0 aromatic heterocycles. The molecule has 0 radical (unpaired) electrons. The van der Waals surface area contributed by atoms with E-state index in [-0.39, 0.29) is 24.5 Å². The number of para-hydroxylation sites is 1. The summed E-state index contributed by atoms with van der Waals surface area (Å²) in [5.74, 6) is 0.531. The van der Waals surface area contributed by atoms with Gasteiger partial charge in [-0.05, 0) is 25.0 Å². The van der Waals surface area contributed by atoms with E-state index in [1.807, 2.05) is 26.8 Å². The molecule has 1 rings (SSSR count). The zero-order valence-corrected chi connectivity index (χ0v) is 11.1. The minimum atomic E-state index is -0.243. The van der Waals surface area contributed by atoms with E-state index in [0.717, 1.165) is 0 Å². The molecule has 1 atom stereocenters. The van der Waals surface area contributed by atoms with Crippen LogP contribution in [0.2, 0.25) is 0 Å². The Morgan fingerprint density at radius 3 is 2.61 bits per heavy atom. The second-order valence-electron chi connectivity index (χ2n) is 4.44. The minimum absolute atomic E-state index is 0.0692. The lowest BCUT2D eigenvalue weighted by Crippen LogP contribution is -2.41. The van der Waals surface area contributed by atoms with Gasteiger partial charge in [-0.3, -0.25) is 4.79 Å². The number of hydrogen-bond donors (Lipinski definition) is 2. The molecule has 100 valence electrons. The van der Waals surface area contributed by atoms with Crippen molar-refractivity contribution < 1.29 is 14.6 Å². The van der Waals surface area contributed by atoms with Crippen molar-refractivity contribution in [2.45, 2.75) is 26.8 Å². The fourth-order valence-corrected chi connectivity index (χ4v) is 1.60. The smallest absolute Gasteiger partial charge is 0.255 e. The first-order chi connectivity index (χ1) is 8.60. The third kappa shape index (κ3) is 3.74. The normalized spacial score (nSPS) is 12.3. The van der Waals surface area contributed by atoms with E-state index >= 15 is 0 Å². The molecule has 1 aromatic rings. The molecular weight excluding hydrogens is 230 g/mol. The first-order valence-electron chi connectivity index (χ1n) is 6.23. The Morgan fingerprint density at radius 2 is 2.06 bits per heavy atom. The average molecular weight is 251 g/mol. The SMILES string of the molecule is CCOc1ccccc1C(=O)NC(CO)C(C)C. The highest BCUT2D eigenvalue weighted by molar-refractivity contribution is 5.97. The van der Waals surface area contributed by atoms with Crippen LogP contribution in [-0.4, -0.2) is 30.3 Å². The van der Waals surface area contributed by atoms with Crippen LogP contribution in [0.15, 0.2) is 24.3 Å². The summed E-state index contributed by atoms with van der Waals surface area (Å²) in [5.41, 5.74) is 0.499. The molecule has 2 N–H and O–H groups in total. The molecule has 4 heteroatoms. The topological polar surface area (TPSA) is 58.6 Å². The number of aliphatic hydroxyl groups is 1. The van der Waals surface area contributed by atoms with Gasteiger partial charge in [-0.2, -0.15) is 0 Å². The van der Waals surface area contributed by atoms with Crippen molar-refractivity contribution in [3.63, 3.8) is 0 Å². The van der Waals surface area contributed by atoms with E-state index in [2.05, 4.69) is 5.32 Å². The van der Waals surface area contributed by atoms with Gasteiger partial charge < -0.3 is 15.2 Å². The number of hydrogen-bond acceptors (Lipinski definition) is 3. The molecule has 0 saturated heterocycles. The molecule has 0 bridgehead atoms. The fourth-order valence-electron chi connectivity index (χ4n) is 1.60. The molecule has 0 aliphatic rings. The fraction of sp³-hybridized carbons (Fsp3) is 0.500. The van der Waals surface area contributed by atoms with Crippen molar-refractivity contribution in [3.05, 3.63) is 29.8 Å². The van der Waals surface area contributed by atoms with Crippen LogP contribution in [0, 0.1) is 5.92 Å².